The number of Topliss-reactive ketones (excluding diaryl/α,β-unsaturated/α-hetero) is 1. The summed E-state index contributed by atoms with van der Waals surface area (Å²) >= 11 is 1.44. The molecule has 0 radical (unpaired) electrons. The van der Waals surface area contributed by atoms with E-state index in [1.165, 1.54) is 18.3 Å². The Morgan fingerprint density at radius 2 is 1.77 bits per heavy atom. The molecule has 0 unspecified atom stereocenters. The molecule has 1 fully saturated rings. The molecule has 0 saturated heterocycles. The molecule has 3 aromatic heterocycles. The fraction of sp³-hybridized carbons (Fsp3) is 0.381. The topological polar surface area (TPSA) is 111 Å². The van der Waals surface area contributed by atoms with Crippen LogP contribution in [0.2, 0.25) is 0 Å². The van der Waals surface area contributed by atoms with Crippen molar-refractivity contribution >= 4 is 28.2 Å². The molecule has 1 saturated carbocycles. The molecule has 0 aliphatic heterocycles. The molecule has 3 heterocycles. The highest BCUT2D eigenvalue weighted by atomic mass is 32.1. The minimum atomic E-state index is -0.135. The van der Waals surface area contributed by atoms with E-state index in [-0.39, 0.29) is 18.1 Å². The number of pyridine rings is 1. The fourth-order valence-corrected chi connectivity index (χ4v) is 4.48. The van der Waals surface area contributed by atoms with Crippen LogP contribution in [-0.2, 0) is 28.9 Å². The van der Waals surface area contributed by atoms with Gasteiger partial charge in [-0.3, -0.25) is 14.6 Å². The van der Waals surface area contributed by atoms with Gasteiger partial charge in [0.1, 0.15) is 10.8 Å². The summed E-state index contributed by atoms with van der Waals surface area (Å²) in [6.07, 6.45) is 5.19. The van der Waals surface area contributed by atoms with E-state index in [1.54, 1.807) is 6.20 Å². The van der Waals surface area contributed by atoms with Crippen molar-refractivity contribution in [3.63, 3.8) is 0 Å². The highest BCUT2D eigenvalue weighted by molar-refractivity contribution is 7.15. The number of aromatic nitrogens is 5. The Hall–Kier alpha value is -3.07. The number of carbonyl (C=O) groups excluding carboxylic acids is 2. The van der Waals surface area contributed by atoms with Crippen LogP contribution in [0.5, 0.6) is 0 Å². The summed E-state index contributed by atoms with van der Waals surface area (Å²) in [6.45, 7) is 1.46. The van der Waals surface area contributed by atoms with Crippen molar-refractivity contribution in [3.05, 3.63) is 58.6 Å². The zero-order chi connectivity index (χ0) is 20.9. The van der Waals surface area contributed by atoms with Crippen LogP contribution in [0.15, 0.2) is 36.5 Å². The minimum Gasteiger partial charge on any atom is -0.301 e. The molecule has 1 aliphatic rings. The van der Waals surface area contributed by atoms with Gasteiger partial charge in [0.2, 0.25) is 11.0 Å². The van der Waals surface area contributed by atoms with Crippen LogP contribution < -0.4 is 5.32 Å². The molecule has 1 N–H and O–H groups in total. The van der Waals surface area contributed by atoms with Crippen molar-refractivity contribution in [2.45, 2.75) is 44.9 Å². The Labute approximate surface area is 178 Å². The lowest BCUT2D eigenvalue weighted by Crippen LogP contribution is -2.24. The van der Waals surface area contributed by atoms with Crippen LogP contribution in [0.4, 0.5) is 5.13 Å². The van der Waals surface area contributed by atoms with Gasteiger partial charge in [-0.25, -0.2) is 0 Å². The van der Waals surface area contributed by atoms with Crippen molar-refractivity contribution in [1.82, 2.24) is 25.4 Å². The standard InChI is InChI=1S/C21H22N6O2S/c1-13(28)23-21-27-26-20(30-21)15-8-14(9-15)10-17-5-6-18(25-24-17)12-19(29)11-16-4-2-3-7-22-16/h2-7,14-15H,8-12H2,1H3,(H,23,27,28). The molecule has 9 heteroatoms. The Kier molecular flexibility index (Phi) is 6.18. The smallest absolute Gasteiger partial charge is 0.223 e. The van der Waals surface area contributed by atoms with Gasteiger partial charge in [0.25, 0.3) is 0 Å². The molecule has 0 atom stereocenters. The first-order valence-corrected chi connectivity index (χ1v) is 10.7. The van der Waals surface area contributed by atoms with Crippen LogP contribution in [-0.4, -0.2) is 37.1 Å². The zero-order valence-corrected chi connectivity index (χ0v) is 17.4. The number of anilines is 1. The van der Waals surface area contributed by atoms with E-state index in [0.29, 0.717) is 29.1 Å². The first-order chi connectivity index (χ1) is 14.5. The third-order valence-electron chi connectivity index (χ3n) is 5.06. The van der Waals surface area contributed by atoms with E-state index < -0.39 is 0 Å². The van der Waals surface area contributed by atoms with E-state index >= 15 is 0 Å². The average Bonchev–Trinajstić information content (AvgIpc) is 3.13. The first kappa shape index (κ1) is 20.2. The Balaban J connectivity index is 1.23. The maximum absolute atomic E-state index is 12.2. The van der Waals surface area contributed by atoms with Gasteiger partial charge in [0.15, 0.2) is 0 Å². The second kappa shape index (κ2) is 9.17. The summed E-state index contributed by atoms with van der Waals surface area (Å²) in [5.74, 6) is 0.874. The summed E-state index contributed by atoms with van der Waals surface area (Å²) in [7, 11) is 0. The summed E-state index contributed by atoms with van der Waals surface area (Å²) in [5, 5.41) is 20.9. The number of hydrogen-bond acceptors (Lipinski definition) is 8. The summed E-state index contributed by atoms with van der Waals surface area (Å²) < 4.78 is 0. The van der Waals surface area contributed by atoms with Gasteiger partial charge < -0.3 is 5.32 Å². The molecule has 1 aliphatic carbocycles. The predicted octanol–water partition coefficient (Wildman–Crippen LogP) is 2.77. The Bertz CT molecular complexity index is 1020. The maximum Gasteiger partial charge on any atom is 0.223 e. The molecular formula is C21H22N6O2S. The lowest BCUT2D eigenvalue weighted by atomic mass is 9.73. The van der Waals surface area contributed by atoms with E-state index in [0.717, 1.165) is 35.7 Å². The summed E-state index contributed by atoms with van der Waals surface area (Å²) in [6, 6.07) is 9.41. The number of rotatable bonds is 8. The number of hydrogen-bond donors (Lipinski definition) is 1. The van der Waals surface area contributed by atoms with Gasteiger partial charge in [-0.15, -0.1) is 10.2 Å². The van der Waals surface area contributed by atoms with Crippen molar-refractivity contribution in [2.24, 2.45) is 5.92 Å². The van der Waals surface area contributed by atoms with Crippen molar-refractivity contribution in [2.75, 3.05) is 5.32 Å². The highest BCUT2D eigenvalue weighted by Crippen LogP contribution is 2.44. The summed E-state index contributed by atoms with van der Waals surface area (Å²) in [4.78, 5) is 27.5. The van der Waals surface area contributed by atoms with Crippen LogP contribution in [0.1, 0.15) is 47.8 Å². The zero-order valence-electron chi connectivity index (χ0n) is 16.6. The van der Waals surface area contributed by atoms with E-state index in [4.69, 9.17) is 0 Å². The van der Waals surface area contributed by atoms with E-state index in [2.05, 4.69) is 30.7 Å². The average molecular weight is 423 g/mol. The normalized spacial score (nSPS) is 17.9. The van der Waals surface area contributed by atoms with Gasteiger partial charge in [-0.2, -0.15) is 10.2 Å². The van der Waals surface area contributed by atoms with E-state index in [9.17, 15) is 9.59 Å². The third-order valence-corrected chi connectivity index (χ3v) is 6.07. The number of nitrogens with one attached hydrogen (secondary N) is 1. The fourth-order valence-electron chi connectivity index (χ4n) is 3.56. The molecule has 8 nitrogen and oxygen atoms in total. The molecule has 0 spiro atoms. The van der Waals surface area contributed by atoms with Gasteiger partial charge in [-0.05, 0) is 49.4 Å². The molecule has 30 heavy (non-hydrogen) atoms. The monoisotopic (exact) mass is 422 g/mol. The number of amides is 1. The Morgan fingerprint density at radius 3 is 2.47 bits per heavy atom. The minimum absolute atomic E-state index is 0.0771. The molecule has 0 bridgehead atoms. The Morgan fingerprint density at radius 1 is 1.00 bits per heavy atom. The number of carbonyl (C=O) groups is 2. The number of nitrogens with zero attached hydrogens (tertiary/aromatic N) is 5. The van der Waals surface area contributed by atoms with Gasteiger partial charge in [0.05, 0.1) is 17.8 Å². The lowest BCUT2D eigenvalue weighted by Gasteiger charge is -2.33. The van der Waals surface area contributed by atoms with E-state index in [1.807, 2.05) is 30.3 Å². The van der Waals surface area contributed by atoms with Crippen molar-refractivity contribution in [1.29, 1.82) is 0 Å². The van der Waals surface area contributed by atoms with Gasteiger partial charge >= 0.3 is 0 Å². The van der Waals surface area contributed by atoms with Crippen LogP contribution in [0.25, 0.3) is 0 Å². The third kappa shape index (κ3) is 5.29. The predicted molar refractivity (Wildman–Crippen MR) is 112 cm³/mol. The van der Waals surface area contributed by atoms with Gasteiger partial charge in [0, 0.05) is 31.2 Å². The van der Waals surface area contributed by atoms with Crippen LogP contribution in [0.3, 0.4) is 0 Å². The highest BCUT2D eigenvalue weighted by Gasteiger charge is 2.33. The molecule has 154 valence electrons. The van der Waals surface area contributed by atoms with Crippen LogP contribution >= 0.6 is 11.3 Å². The molecule has 4 rings (SSSR count). The second-order valence-electron chi connectivity index (χ2n) is 7.59. The molecule has 0 aromatic carbocycles. The first-order valence-electron chi connectivity index (χ1n) is 9.89. The second-order valence-corrected chi connectivity index (χ2v) is 8.60. The maximum atomic E-state index is 12.2. The molecule has 3 aromatic rings. The molecule has 1 amide bonds. The van der Waals surface area contributed by atoms with Gasteiger partial charge in [-0.1, -0.05) is 17.4 Å². The largest absolute Gasteiger partial charge is 0.301 e. The quantitative estimate of drug-likeness (QED) is 0.594. The molecular weight excluding hydrogens is 400 g/mol. The number of ketones is 1. The van der Waals surface area contributed by atoms with Crippen molar-refractivity contribution < 1.29 is 9.59 Å². The summed E-state index contributed by atoms with van der Waals surface area (Å²) in [5.41, 5.74) is 2.40. The SMILES string of the molecule is CC(=O)Nc1nnc(C2CC(Cc3ccc(CC(=O)Cc4ccccn4)nn3)C2)s1. The van der Waals surface area contributed by atoms with Crippen LogP contribution in [0, 0.1) is 5.92 Å². The van der Waals surface area contributed by atoms with Crippen molar-refractivity contribution in [3.8, 4) is 0 Å². The lowest BCUT2D eigenvalue weighted by molar-refractivity contribution is -0.118.